The fourth-order valence-electron chi connectivity index (χ4n) is 4.44. The van der Waals surface area contributed by atoms with Gasteiger partial charge in [-0.3, -0.25) is 4.90 Å². The van der Waals surface area contributed by atoms with Crippen LogP contribution in [0.1, 0.15) is 30.0 Å². The van der Waals surface area contributed by atoms with Crippen molar-refractivity contribution in [2.24, 2.45) is 0 Å². The van der Waals surface area contributed by atoms with Crippen molar-refractivity contribution >= 4 is 11.7 Å². The average molecular weight is 413 g/mol. The molecule has 0 bridgehead atoms. The maximum atomic E-state index is 12.5. The number of benzene rings is 1. The molecule has 0 saturated carbocycles. The van der Waals surface area contributed by atoms with Gasteiger partial charge in [0.2, 0.25) is 0 Å². The van der Waals surface area contributed by atoms with Gasteiger partial charge < -0.3 is 24.7 Å². The Hall–Kier alpha value is -2.51. The lowest BCUT2D eigenvalue weighted by Crippen LogP contribution is -2.47. The number of carbonyl (C=O) groups excluding carboxylic acids is 1. The third kappa shape index (κ3) is 4.79. The van der Waals surface area contributed by atoms with E-state index in [1.165, 1.54) is 11.3 Å². The molecule has 4 rings (SSSR count). The molecule has 3 heterocycles. The number of nitrogens with one attached hydrogen (secondary N) is 2. The van der Waals surface area contributed by atoms with Crippen molar-refractivity contribution in [1.82, 2.24) is 15.5 Å². The van der Waals surface area contributed by atoms with Gasteiger partial charge in [0, 0.05) is 44.5 Å². The highest BCUT2D eigenvalue weighted by molar-refractivity contribution is 5.74. The van der Waals surface area contributed by atoms with E-state index in [2.05, 4.69) is 51.6 Å². The zero-order valence-electron chi connectivity index (χ0n) is 17.9. The first-order valence-corrected chi connectivity index (χ1v) is 10.9. The van der Waals surface area contributed by atoms with Crippen LogP contribution in [-0.4, -0.2) is 62.9 Å². The Morgan fingerprint density at radius 2 is 1.97 bits per heavy atom. The number of furan rings is 1. The molecule has 30 heavy (non-hydrogen) atoms. The number of amides is 2. The smallest absolute Gasteiger partial charge is 0.314 e. The minimum Gasteiger partial charge on any atom is -0.465 e. The van der Waals surface area contributed by atoms with Gasteiger partial charge in [0.25, 0.3) is 0 Å². The Bertz CT molecular complexity index is 846. The Kier molecular flexibility index (Phi) is 6.59. The highest BCUT2D eigenvalue weighted by Crippen LogP contribution is 2.31. The second-order valence-corrected chi connectivity index (χ2v) is 8.12. The summed E-state index contributed by atoms with van der Waals surface area (Å²) >= 11 is 0. The van der Waals surface area contributed by atoms with Crippen molar-refractivity contribution in [3.63, 3.8) is 0 Å². The standard InChI is InChI=1S/C23H32N4O3/c1-17-15-19-5-3-4-6-20(19)27(17)10-9-24-23(28)25-16-21(22-8-7-18(2)30-22)26-11-13-29-14-12-26/h3-8,17,21H,9-16H2,1-2H3,(H2,24,25,28). The van der Waals surface area contributed by atoms with Gasteiger partial charge in [-0.2, -0.15) is 0 Å². The van der Waals surface area contributed by atoms with Gasteiger partial charge in [-0.25, -0.2) is 4.79 Å². The number of aryl methyl sites for hydroxylation is 1. The van der Waals surface area contributed by atoms with E-state index >= 15 is 0 Å². The summed E-state index contributed by atoms with van der Waals surface area (Å²) in [4.78, 5) is 17.1. The second kappa shape index (κ2) is 9.53. The molecule has 2 unspecified atom stereocenters. The van der Waals surface area contributed by atoms with Crippen LogP contribution in [0.25, 0.3) is 0 Å². The minimum atomic E-state index is -0.142. The zero-order chi connectivity index (χ0) is 20.9. The number of fused-ring (bicyclic) bond motifs is 1. The molecule has 2 atom stereocenters. The number of hydrogen-bond acceptors (Lipinski definition) is 5. The molecule has 7 heteroatoms. The highest BCUT2D eigenvalue weighted by Gasteiger charge is 2.27. The van der Waals surface area contributed by atoms with E-state index in [4.69, 9.17) is 9.15 Å². The van der Waals surface area contributed by atoms with Gasteiger partial charge in [0.15, 0.2) is 0 Å². The molecule has 0 aliphatic carbocycles. The number of anilines is 1. The predicted molar refractivity (Wildman–Crippen MR) is 117 cm³/mol. The molecule has 1 aromatic carbocycles. The molecule has 2 aromatic rings. The first kappa shape index (κ1) is 20.8. The van der Waals surface area contributed by atoms with E-state index < -0.39 is 0 Å². The summed E-state index contributed by atoms with van der Waals surface area (Å²) in [7, 11) is 0. The number of nitrogens with zero attached hydrogens (tertiary/aromatic N) is 2. The highest BCUT2D eigenvalue weighted by atomic mass is 16.5. The van der Waals surface area contributed by atoms with E-state index in [0.717, 1.165) is 37.6 Å². The maximum absolute atomic E-state index is 12.5. The van der Waals surface area contributed by atoms with Crippen LogP contribution in [0.3, 0.4) is 0 Å². The molecule has 1 saturated heterocycles. The molecule has 1 fully saturated rings. The average Bonchev–Trinajstić information content (AvgIpc) is 3.32. The number of urea groups is 1. The summed E-state index contributed by atoms with van der Waals surface area (Å²) in [6, 6.07) is 12.8. The van der Waals surface area contributed by atoms with Crippen LogP contribution >= 0.6 is 0 Å². The molecule has 7 nitrogen and oxygen atoms in total. The quantitative estimate of drug-likeness (QED) is 0.732. The van der Waals surface area contributed by atoms with Crippen LogP contribution in [-0.2, 0) is 11.2 Å². The molecule has 0 radical (unpaired) electrons. The van der Waals surface area contributed by atoms with Crippen molar-refractivity contribution in [3.05, 3.63) is 53.5 Å². The van der Waals surface area contributed by atoms with Crippen LogP contribution in [0, 0.1) is 6.92 Å². The molecule has 2 N–H and O–H groups in total. The fraction of sp³-hybridized carbons (Fsp3) is 0.522. The lowest BCUT2D eigenvalue weighted by Gasteiger charge is -2.33. The minimum absolute atomic E-state index is 0.0128. The number of para-hydroxylation sites is 1. The molecular formula is C23H32N4O3. The third-order valence-corrected chi connectivity index (χ3v) is 6.02. The van der Waals surface area contributed by atoms with Gasteiger partial charge in [0.1, 0.15) is 11.5 Å². The summed E-state index contributed by atoms with van der Waals surface area (Å²) in [5.41, 5.74) is 2.67. The van der Waals surface area contributed by atoms with Gasteiger partial charge in [-0.1, -0.05) is 18.2 Å². The summed E-state index contributed by atoms with van der Waals surface area (Å²) in [6.45, 7) is 9.16. The van der Waals surface area contributed by atoms with E-state index in [-0.39, 0.29) is 12.1 Å². The van der Waals surface area contributed by atoms with Gasteiger partial charge in [0.05, 0.1) is 19.3 Å². The van der Waals surface area contributed by atoms with Crippen molar-refractivity contribution in [2.45, 2.75) is 32.4 Å². The molecule has 2 aliphatic rings. The first-order valence-electron chi connectivity index (χ1n) is 10.9. The van der Waals surface area contributed by atoms with Gasteiger partial charge in [-0.05, 0) is 44.0 Å². The Morgan fingerprint density at radius 3 is 2.73 bits per heavy atom. The second-order valence-electron chi connectivity index (χ2n) is 8.12. The van der Waals surface area contributed by atoms with Crippen molar-refractivity contribution in [2.75, 3.05) is 50.8 Å². The number of morpholine rings is 1. The zero-order valence-corrected chi connectivity index (χ0v) is 17.9. The SMILES string of the molecule is Cc1ccc(C(CNC(=O)NCCN2c3ccccc3CC2C)N2CCOCC2)o1. The fourth-order valence-corrected chi connectivity index (χ4v) is 4.44. The Labute approximate surface area is 178 Å². The van der Waals surface area contributed by atoms with Crippen LogP contribution in [0.5, 0.6) is 0 Å². The summed E-state index contributed by atoms with van der Waals surface area (Å²) in [5, 5.41) is 6.04. The molecule has 162 valence electrons. The lowest BCUT2D eigenvalue weighted by molar-refractivity contribution is 0.0121. The van der Waals surface area contributed by atoms with Gasteiger partial charge in [-0.15, -0.1) is 0 Å². The van der Waals surface area contributed by atoms with Crippen LogP contribution in [0.15, 0.2) is 40.8 Å². The van der Waals surface area contributed by atoms with Gasteiger partial charge >= 0.3 is 6.03 Å². The van der Waals surface area contributed by atoms with E-state index in [1.54, 1.807) is 0 Å². The third-order valence-electron chi connectivity index (χ3n) is 6.02. The van der Waals surface area contributed by atoms with E-state index in [1.807, 2.05) is 19.1 Å². The summed E-state index contributed by atoms with van der Waals surface area (Å²) < 4.78 is 11.3. The Balaban J connectivity index is 1.28. The van der Waals surface area contributed by atoms with E-state index in [0.29, 0.717) is 32.3 Å². The van der Waals surface area contributed by atoms with Crippen LogP contribution in [0.4, 0.5) is 10.5 Å². The normalized spacial score (nSPS) is 20.1. The number of ether oxygens (including phenoxy) is 1. The summed E-state index contributed by atoms with van der Waals surface area (Å²) in [6.07, 6.45) is 1.06. The molecule has 1 aromatic heterocycles. The van der Waals surface area contributed by atoms with Crippen LogP contribution in [0.2, 0.25) is 0 Å². The predicted octanol–water partition coefficient (Wildman–Crippen LogP) is 2.71. The monoisotopic (exact) mass is 412 g/mol. The topological polar surface area (TPSA) is 70.0 Å². The van der Waals surface area contributed by atoms with Crippen molar-refractivity contribution < 1.29 is 13.9 Å². The Morgan fingerprint density at radius 1 is 1.17 bits per heavy atom. The molecule has 0 spiro atoms. The lowest BCUT2D eigenvalue weighted by atomic mass is 10.1. The number of carbonyl (C=O) groups is 1. The number of rotatable bonds is 7. The molecule has 2 aliphatic heterocycles. The maximum Gasteiger partial charge on any atom is 0.314 e. The van der Waals surface area contributed by atoms with Crippen molar-refractivity contribution in [3.8, 4) is 0 Å². The largest absolute Gasteiger partial charge is 0.465 e. The van der Waals surface area contributed by atoms with E-state index in [9.17, 15) is 4.79 Å². The first-order chi connectivity index (χ1) is 14.6. The van der Waals surface area contributed by atoms with Crippen molar-refractivity contribution in [1.29, 1.82) is 0 Å². The number of hydrogen-bond donors (Lipinski definition) is 2. The molecular weight excluding hydrogens is 380 g/mol. The van der Waals surface area contributed by atoms with Crippen LogP contribution < -0.4 is 15.5 Å². The molecule has 2 amide bonds. The summed E-state index contributed by atoms with van der Waals surface area (Å²) in [5.74, 6) is 1.77.